The number of nitrogens with zero attached hydrogens (tertiary/aromatic N) is 6. The second kappa shape index (κ2) is 7.91. The van der Waals surface area contributed by atoms with Gasteiger partial charge < -0.3 is 9.80 Å². The quantitative estimate of drug-likeness (QED) is 0.514. The van der Waals surface area contributed by atoms with Crippen LogP contribution in [0.15, 0.2) is 65.6 Å². The van der Waals surface area contributed by atoms with E-state index in [1.807, 2.05) is 36.4 Å². The molecular formula is C24H26N6O. The highest BCUT2D eigenvalue weighted by atomic mass is 16.2. The molecule has 0 N–H and O–H groups in total. The summed E-state index contributed by atoms with van der Waals surface area (Å²) < 4.78 is 2.98. The van der Waals surface area contributed by atoms with Crippen molar-refractivity contribution in [1.82, 2.24) is 19.2 Å². The molecule has 1 aliphatic heterocycles. The van der Waals surface area contributed by atoms with Crippen molar-refractivity contribution >= 4 is 17.3 Å². The predicted octanol–water partition coefficient (Wildman–Crippen LogP) is 2.88. The maximum atomic E-state index is 12.7. The normalized spacial score (nSPS) is 14.4. The molecule has 0 radical (unpaired) electrons. The molecule has 5 rings (SSSR count). The number of rotatable bonds is 4. The minimum absolute atomic E-state index is 0.169. The molecule has 2 aromatic carbocycles. The second-order valence-electron chi connectivity index (χ2n) is 8.07. The lowest BCUT2D eigenvalue weighted by Crippen LogP contribution is -2.47. The molecular weight excluding hydrogens is 388 g/mol. The standard InChI is InChI=1S/C24H26N6O/c1-18-7-6-10-21(19(18)2)27-13-15-28(16-14-27)22-11-12-29-23(25-22)26-30(24(29)31)17-20-8-4-3-5-9-20/h3-12H,13-17H2,1-2H3. The number of fused-ring (bicyclic) bond motifs is 1. The number of benzene rings is 2. The molecule has 0 aliphatic carbocycles. The average Bonchev–Trinajstić information content (AvgIpc) is 3.11. The molecule has 0 unspecified atom stereocenters. The van der Waals surface area contributed by atoms with Crippen LogP contribution >= 0.6 is 0 Å². The summed E-state index contributed by atoms with van der Waals surface area (Å²) in [6.07, 6.45) is 1.78. The van der Waals surface area contributed by atoms with Crippen molar-refractivity contribution in [3.05, 3.63) is 88.0 Å². The molecule has 0 bridgehead atoms. The summed E-state index contributed by atoms with van der Waals surface area (Å²) >= 11 is 0. The number of anilines is 2. The van der Waals surface area contributed by atoms with Crippen molar-refractivity contribution in [3.8, 4) is 0 Å². The van der Waals surface area contributed by atoms with Gasteiger partial charge in [0, 0.05) is 38.1 Å². The first kappa shape index (κ1) is 19.4. The summed E-state index contributed by atoms with van der Waals surface area (Å²) in [5.41, 5.74) is 4.85. The Morgan fingerprint density at radius 3 is 2.39 bits per heavy atom. The van der Waals surface area contributed by atoms with Crippen molar-refractivity contribution in [1.29, 1.82) is 0 Å². The van der Waals surface area contributed by atoms with Crippen molar-refractivity contribution < 1.29 is 0 Å². The second-order valence-corrected chi connectivity index (χ2v) is 8.07. The van der Waals surface area contributed by atoms with Crippen molar-refractivity contribution in [2.45, 2.75) is 20.4 Å². The Balaban J connectivity index is 1.34. The maximum Gasteiger partial charge on any atom is 0.351 e. The van der Waals surface area contributed by atoms with E-state index >= 15 is 0 Å². The van der Waals surface area contributed by atoms with Crippen LogP contribution in [0.1, 0.15) is 16.7 Å². The predicted molar refractivity (Wildman–Crippen MR) is 123 cm³/mol. The zero-order valence-corrected chi connectivity index (χ0v) is 17.9. The van der Waals surface area contributed by atoms with E-state index in [0.29, 0.717) is 12.3 Å². The smallest absolute Gasteiger partial charge is 0.351 e. The van der Waals surface area contributed by atoms with Gasteiger partial charge in [0.1, 0.15) is 5.82 Å². The van der Waals surface area contributed by atoms with E-state index in [9.17, 15) is 4.79 Å². The largest absolute Gasteiger partial charge is 0.368 e. The molecule has 1 fully saturated rings. The first-order valence-corrected chi connectivity index (χ1v) is 10.7. The Morgan fingerprint density at radius 1 is 0.871 bits per heavy atom. The number of aryl methyl sites for hydroxylation is 1. The van der Waals surface area contributed by atoms with Crippen LogP contribution in [0.5, 0.6) is 0 Å². The fourth-order valence-electron chi connectivity index (χ4n) is 4.19. The number of aromatic nitrogens is 4. The van der Waals surface area contributed by atoms with Crippen molar-refractivity contribution in [3.63, 3.8) is 0 Å². The Labute approximate surface area is 181 Å². The van der Waals surface area contributed by atoms with Crippen LogP contribution in [0.4, 0.5) is 11.5 Å². The first-order chi connectivity index (χ1) is 15.1. The van der Waals surface area contributed by atoms with Gasteiger partial charge in [-0.15, -0.1) is 5.10 Å². The van der Waals surface area contributed by atoms with E-state index in [0.717, 1.165) is 37.6 Å². The monoisotopic (exact) mass is 414 g/mol. The summed E-state index contributed by atoms with van der Waals surface area (Å²) in [7, 11) is 0. The van der Waals surface area contributed by atoms with Gasteiger partial charge in [-0.05, 0) is 42.7 Å². The van der Waals surface area contributed by atoms with Gasteiger partial charge in [-0.2, -0.15) is 4.98 Å². The molecule has 31 heavy (non-hydrogen) atoms. The molecule has 1 saturated heterocycles. The molecule has 2 aromatic heterocycles. The Kier molecular flexibility index (Phi) is 4.94. The molecule has 0 atom stereocenters. The lowest BCUT2D eigenvalue weighted by atomic mass is 10.1. The number of piperazine rings is 1. The van der Waals surface area contributed by atoms with Crippen LogP contribution in [0.25, 0.3) is 5.78 Å². The molecule has 0 spiro atoms. The van der Waals surface area contributed by atoms with Gasteiger partial charge >= 0.3 is 5.69 Å². The first-order valence-electron chi connectivity index (χ1n) is 10.7. The summed E-state index contributed by atoms with van der Waals surface area (Å²) in [5.74, 6) is 1.31. The Morgan fingerprint density at radius 2 is 1.61 bits per heavy atom. The topological polar surface area (TPSA) is 58.7 Å². The van der Waals surface area contributed by atoms with Gasteiger partial charge in [-0.3, -0.25) is 0 Å². The Hall–Kier alpha value is -3.61. The van der Waals surface area contributed by atoms with E-state index in [2.05, 4.69) is 51.9 Å². The fraction of sp³-hybridized carbons (Fsp3) is 0.292. The van der Waals surface area contributed by atoms with Gasteiger partial charge in [0.25, 0.3) is 5.78 Å². The summed E-state index contributed by atoms with van der Waals surface area (Å²) in [5, 5.41) is 4.47. The molecule has 4 aromatic rings. The number of hydrogen-bond acceptors (Lipinski definition) is 5. The van der Waals surface area contributed by atoms with Gasteiger partial charge in [0.15, 0.2) is 0 Å². The van der Waals surface area contributed by atoms with E-state index in [1.54, 1.807) is 6.20 Å². The van der Waals surface area contributed by atoms with Gasteiger partial charge in [-0.25, -0.2) is 13.9 Å². The summed E-state index contributed by atoms with van der Waals surface area (Å²) in [6.45, 7) is 8.42. The van der Waals surface area contributed by atoms with Crippen LogP contribution in [-0.2, 0) is 6.54 Å². The molecule has 0 saturated carbocycles. The number of hydrogen-bond donors (Lipinski definition) is 0. The van der Waals surface area contributed by atoms with E-state index in [1.165, 1.54) is 25.9 Å². The third kappa shape index (κ3) is 3.67. The zero-order valence-electron chi connectivity index (χ0n) is 17.9. The minimum Gasteiger partial charge on any atom is -0.368 e. The highest BCUT2D eigenvalue weighted by Gasteiger charge is 2.20. The van der Waals surface area contributed by atoms with Gasteiger partial charge in [0.05, 0.1) is 6.54 Å². The highest BCUT2D eigenvalue weighted by molar-refractivity contribution is 5.57. The molecule has 3 heterocycles. The van der Waals surface area contributed by atoms with E-state index < -0.39 is 0 Å². The van der Waals surface area contributed by atoms with Gasteiger partial charge in [-0.1, -0.05) is 42.5 Å². The van der Waals surface area contributed by atoms with Crippen LogP contribution in [-0.4, -0.2) is 45.3 Å². The minimum atomic E-state index is -0.169. The summed E-state index contributed by atoms with van der Waals surface area (Å²) in [4.78, 5) is 22.1. The molecule has 7 nitrogen and oxygen atoms in total. The molecule has 1 aliphatic rings. The van der Waals surface area contributed by atoms with Crippen molar-refractivity contribution in [2.75, 3.05) is 36.0 Å². The van der Waals surface area contributed by atoms with Gasteiger partial charge in [0.2, 0.25) is 0 Å². The third-order valence-corrected chi connectivity index (χ3v) is 6.14. The molecule has 0 amide bonds. The Bertz CT molecular complexity index is 1270. The SMILES string of the molecule is Cc1cccc(N2CCN(c3ccn4c(=O)n(Cc5ccccc5)nc4n3)CC2)c1C. The highest BCUT2D eigenvalue weighted by Crippen LogP contribution is 2.25. The van der Waals surface area contributed by atoms with Crippen LogP contribution in [0.2, 0.25) is 0 Å². The average molecular weight is 415 g/mol. The summed E-state index contributed by atoms with van der Waals surface area (Å²) in [6, 6.07) is 18.3. The fourth-order valence-corrected chi connectivity index (χ4v) is 4.19. The van der Waals surface area contributed by atoms with Crippen molar-refractivity contribution in [2.24, 2.45) is 0 Å². The van der Waals surface area contributed by atoms with E-state index in [-0.39, 0.29) is 5.69 Å². The maximum absolute atomic E-state index is 12.7. The molecule has 7 heteroatoms. The van der Waals surface area contributed by atoms with Crippen LogP contribution in [0, 0.1) is 13.8 Å². The third-order valence-electron chi connectivity index (χ3n) is 6.14. The zero-order chi connectivity index (χ0) is 21.4. The lowest BCUT2D eigenvalue weighted by Gasteiger charge is -2.37. The van der Waals surface area contributed by atoms with Crippen LogP contribution in [0.3, 0.4) is 0 Å². The van der Waals surface area contributed by atoms with E-state index in [4.69, 9.17) is 0 Å². The van der Waals surface area contributed by atoms with Crippen LogP contribution < -0.4 is 15.5 Å². The lowest BCUT2D eigenvalue weighted by molar-refractivity contribution is 0.645. The molecule has 158 valence electrons.